The van der Waals surface area contributed by atoms with Gasteiger partial charge in [-0.3, -0.25) is 4.90 Å². The highest BCUT2D eigenvalue weighted by atomic mass is 16.3. The van der Waals surface area contributed by atoms with Crippen molar-refractivity contribution in [3.8, 4) is 5.75 Å². The van der Waals surface area contributed by atoms with Crippen LogP contribution in [0.25, 0.3) is 0 Å². The third-order valence-electron chi connectivity index (χ3n) is 5.16. The molecular formula is C18H28N2O. The average Bonchev–Trinajstić information content (AvgIpc) is 2.90. The van der Waals surface area contributed by atoms with Gasteiger partial charge in [0, 0.05) is 24.7 Å². The molecule has 3 atom stereocenters. The predicted octanol–water partition coefficient (Wildman–Crippen LogP) is 2.93. The summed E-state index contributed by atoms with van der Waals surface area (Å²) in [6, 6.07) is 9.66. The standard InChI is InChI=1S/C18H28N2O/c1-14(5-6-15-7-9-16(21)10-8-15)19-17-11-13-20-12-3-2-4-18(17)20/h7-10,14,17-19,21H,2-6,11-13H2,1H3. The maximum absolute atomic E-state index is 9.32. The van der Waals surface area contributed by atoms with E-state index in [9.17, 15) is 5.11 Å². The van der Waals surface area contributed by atoms with E-state index < -0.39 is 0 Å². The van der Waals surface area contributed by atoms with Gasteiger partial charge < -0.3 is 10.4 Å². The topological polar surface area (TPSA) is 35.5 Å². The Hall–Kier alpha value is -1.06. The van der Waals surface area contributed by atoms with E-state index in [1.165, 1.54) is 44.3 Å². The van der Waals surface area contributed by atoms with Gasteiger partial charge in [-0.25, -0.2) is 0 Å². The number of nitrogens with zero attached hydrogens (tertiary/aromatic N) is 1. The minimum absolute atomic E-state index is 0.355. The molecule has 0 bridgehead atoms. The van der Waals surface area contributed by atoms with E-state index in [1.54, 1.807) is 12.1 Å². The van der Waals surface area contributed by atoms with E-state index in [4.69, 9.17) is 0 Å². The molecule has 3 rings (SSSR count). The summed E-state index contributed by atoms with van der Waals surface area (Å²) in [5, 5.41) is 13.2. The molecule has 0 radical (unpaired) electrons. The lowest BCUT2D eigenvalue weighted by atomic mass is 9.97. The summed E-state index contributed by atoms with van der Waals surface area (Å²) < 4.78 is 0. The molecule has 2 aliphatic rings. The number of aryl methyl sites for hydroxylation is 1. The minimum atomic E-state index is 0.355. The van der Waals surface area contributed by atoms with Crippen LogP contribution in [0.3, 0.4) is 0 Å². The SMILES string of the molecule is CC(CCc1ccc(O)cc1)NC1CCN2CCCCC12. The van der Waals surface area contributed by atoms with Crippen molar-refractivity contribution in [2.45, 2.75) is 63.6 Å². The van der Waals surface area contributed by atoms with Gasteiger partial charge in [-0.15, -0.1) is 0 Å². The van der Waals surface area contributed by atoms with Gasteiger partial charge in [-0.2, -0.15) is 0 Å². The van der Waals surface area contributed by atoms with E-state index in [2.05, 4.69) is 17.1 Å². The molecule has 0 amide bonds. The maximum atomic E-state index is 9.32. The van der Waals surface area contributed by atoms with E-state index in [0.717, 1.165) is 18.9 Å². The lowest BCUT2D eigenvalue weighted by Gasteiger charge is -2.33. The first kappa shape index (κ1) is 14.9. The summed E-state index contributed by atoms with van der Waals surface area (Å²) in [5.41, 5.74) is 1.31. The Morgan fingerprint density at radius 3 is 2.81 bits per heavy atom. The Morgan fingerprint density at radius 2 is 2.00 bits per heavy atom. The molecule has 2 saturated heterocycles. The first-order valence-corrected chi connectivity index (χ1v) is 8.50. The van der Waals surface area contributed by atoms with Gasteiger partial charge in [0.05, 0.1) is 0 Å². The molecule has 0 spiro atoms. The largest absolute Gasteiger partial charge is 0.508 e. The van der Waals surface area contributed by atoms with Crippen molar-refractivity contribution in [2.75, 3.05) is 13.1 Å². The first-order chi connectivity index (χ1) is 10.2. The maximum Gasteiger partial charge on any atom is 0.115 e. The first-order valence-electron chi connectivity index (χ1n) is 8.50. The molecule has 1 aromatic carbocycles. The molecule has 1 aromatic rings. The molecule has 2 aliphatic heterocycles. The highest BCUT2D eigenvalue weighted by Gasteiger charge is 2.35. The minimum Gasteiger partial charge on any atom is -0.508 e. The van der Waals surface area contributed by atoms with Crippen LogP contribution in [0.1, 0.15) is 44.6 Å². The van der Waals surface area contributed by atoms with Crippen molar-refractivity contribution >= 4 is 0 Å². The molecule has 2 N–H and O–H groups in total. The highest BCUT2D eigenvalue weighted by Crippen LogP contribution is 2.27. The van der Waals surface area contributed by atoms with Crippen LogP contribution in [0.4, 0.5) is 0 Å². The third kappa shape index (κ3) is 3.78. The number of nitrogens with one attached hydrogen (secondary N) is 1. The fourth-order valence-corrected chi connectivity index (χ4v) is 3.94. The van der Waals surface area contributed by atoms with E-state index in [1.807, 2.05) is 12.1 Å². The number of benzene rings is 1. The number of hydrogen-bond acceptors (Lipinski definition) is 3. The number of phenolic OH excluding ortho intramolecular Hbond substituents is 1. The van der Waals surface area contributed by atoms with Crippen molar-refractivity contribution in [1.29, 1.82) is 0 Å². The molecule has 3 unspecified atom stereocenters. The molecule has 2 fully saturated rings. The van der Waals surface area contributed by atoms with E-state index in [0.29, 0.717) is 17.8 Å². The van der Waals surface area contributed by atoms with Crippen molar-refractivity contribution in [1.82, 2.24) is 10.2 Å². The van der Waals surface area contributed by atoms with E-state index >= 15 is 0 Å². The number of phenols is 1. The van der Waals surface area contributed by atoms with Crippen LogP contribution in [0.2, 0.25) is 0 Å². The normalized spacial score (nSPS) is 27.5. The van der Waals surface area contributed by atoms with Crippen molar-refractivity contribution in [2.24, 2.45) is 0 Å². The third-order valence-corrected chi connectivity index (χ3v) is 5.16. The van der Waals surface area contributed by atoms with Gasteiger partial charge in [-0.1, -0.05) is 18.6 Å². The summed E-state index contributed by atoms with van der Waals surface area (Å²) in [7, 11) is 0. The number of fused-ring (bicyclic) bond motifs is 1. The van der Waals surface area contributed by atoms with Crippen LogP contribution < -0.4 is 5.32 Å². The number of rotatable bonds is 5. The van der Waals surface area contributed by atoms with Crippen molar-refractivity contribution in [3.05, 3.63) is 29.8 Å². The summed E-state index contributed by atoms with van der Waals surface area (Å²) in [6.07, 6.45) is 7.72. The van der Waals surface area contributed by atoms with Crippen molar-refractivity contribution < 1.29 is 5.11 Å². The van der Waals surface area contributed by atoms with Crippen LogP contribution in [-0.2, 0) is 6.42 Å². The summed E-state index contributed by atoms with van der Waals surface area (Å²) >= 11 is 0. The molecule has 3 nitrogen and oxygen atoms in total. The summed E-state index contributed by atoms with van der Waals surface area (Å²) in [4.78, 5) is 2.69. The second kappa shape index (κ2) is 6.80. The number of piperidine rings is 1. The second-order valence-corrected chi connectivity index (χ2v) is 6.77. The van der Waals surface area contributed by atoms with Gasteiger partial charge in [-0.05, 0) is 63.3 Å². The molecule has 116 valence electrons. The lowest BCUT2D eigenvalue weighted by Crippen LogP contribution is -2.47. The predicted molar refractivity (Wildman–Crippen MR) is 86.6 cm³/mol. The molecule has 0 aromatic heterocycles. The summed E-state index contributed by atoms with van der Waals surface area (Å²) in [6.45, 7) is 4.91. The zero-order valence-corrected chi connectivity index (χ0v) is 13.1. The van der Waals surface area contributed by atoms with Crippen LogP contribution in [-0.4, -0.2) is 41.2 Å². The monoisotopic (exact) mass is 288 g/mol. The smallest absolute Gasteiger partial charge is 0.115 e. The average molecular weight is 288 g/mol. The van der Waals surface area contributed by atoms with Crippen LogP contribution in [0.15, 0.2) is 24.3 Å². The molecule has 0 aliphatic carbocycles. The summed E-state index contributed by atoms with van der Waals surface area (Å²) in [5.74, 6) is 0.355. The second-order valence-electron chi connectivity index (χ2n) is 6.77. The molecule has 3 heteroatoms. The van der Waals surface area contributed by atoms with Crippen molar-refractivity contribution in [3.63, 3.8) is 0 Å². The van der Waals surface area contributed by atoms with Gasteiger partial charge in [0.1, 0.15) is 5.75 Å². The van der Waals surface area contributed by atoms with Crippen LogP contribution in [0.5, 0.6) is 5.75 Å². The molecular weight excluding hydrogens is 260 g/mol. The van der Waals surface area contributed by atoms with Gasteiger partial charge in [0.15, 0.2) is 0 Å². The van der Waals surface area contributed by atoms with Gasteiger partial charge in [0.2, 0.25) is 0 Å². The Balaban J connectivity index is 1.45. The van der Waals surface area contributed by atoms with Crippen LogP contribution >= 0.6 is 0 Å². The molecule has 2 heterocycles. The quantitative estimate of drug-likeness (QED) is 0.874. The Morgan fingerprint density at radius 1 is 1.19 bits per heavy atom. The fourth-order valence-electron chi connectivity index (χ4n) is 3.94. The Bertz CT molecular complexity index is 445. The molecule has 21 heavy (non-hydrogen) atoms. The lowest BCUT2D eigenvalue weighted by molar-refractivity contribution is 0.176. The van der Waals surface area contributed by atoms with Crippen LogP contribution in [0, 0.1) is 0 Å². The Labute approximate surface area is 128 Å². The zero-order valence-electron chi connectivity index (χ0n) is 13.1. The number of hydrogen-bond donors (Lipinski definition) is 2. The van der Waals surface area contributed by atoms with Gasteiger partial charge in [0.25, 0.3) is 0 Å². The number of aromatic hydroxyl groups is 1. The zero-order chi connectivity index (χ0) is 14.7. The van der Waals surface area contributed by atoms with Gasteiger partial charge >= 0.3 is 0 Å². The molecule has 0 saturated carbocycles. The fraction of sp³-hybridized carbons (Fsp3) is 0.667. The highest BCUT2D eigenvalue weighted by molar-refractivity contribution is 5.25. The van der Waals surface area contributed by atoms with E-state index in [-0.39, 0.29) is 0 Å². The Kier molecular flexibility index (Phi) is 4.81.